The van der Waals surface area contributed by atoms with Crippen LogP contribution in [0.3, 0.4) is 0 Å². The summed E-state index contributed by atoms with van der Waals surface area (Å²) in [6.45, 7) is 0.693. The van der Waals surface area contributed by atoms with Crippen LogP contribution in [-0.4, -0.2) is 43.3 Å². The molecule has 43 heavy (non-hydrogen) atoms. The predicted molar refractivity (Wildman–Crippen MR) is 170 cm³/mol. The van der Waals surface area contributed by atoms with Crippen LogP contribution in [0.25, 0.3) is 31.9 Å². The molecule has 0 saturated carbocycles. The van der Waals surface area contributed by atoms with Crippen molar-refractivity contribution < 1.29 is 9.53 Å². The zero-order valence-corrected chi connectivity index (χ0v) is 24.6. The number of hydrogen-bond acceptors (Lipinski definition) is 7. The summed E-state index contributed by atoms with van der Waals surface area (Å²) in [6.07, 6.45) is 4.00. The van der Waals surface area contributed by atoms with Crippen molar-refractivity contribution in [2.75, 3.05) is 7.11 Å². The molecule has 0 aliphatic carbocycles. The van der Waals surface area contributed by atoms with Gasteiger partial charge in [-0.1, -0.05) is 59.8 Å². The lowest BCUT2D eigenvalue weighted by molar-refractivity contribution is 0.0601. The van der Waals surface area contributed by atoms with Crippen LogP contribution in [-0.2, 0) is 43.4 Å². The van der Waals surface area contributed by atoms with E-state index in [1.54, 1.807) is 11.3 Å². The second kappa shape index (κ2) is 11.8. The number of aromatic nitrogens is 6. The predicted octanol–water partition coefficient (Wildman–Crippen LogP) is 6.52. The van der Waals surface area contributed by atoms with Gasteiger partial charge in [0.15, 0.2) is 5.82 Å². The Morgan fingerprint density at radius 3 is 2.58 bits per heavy atom. The van der Waals surface area contributed by atoms with Crippen LogP contribution in [0.15, 0.2) is 84.9 Å². The van der Waals surface area contributed by atoms with Gasteiger partial charge in [0.05, 0.1) is 27.9 Å². The number of fused-ring (bicyclic) bond motifs is 3. The molecule has 0 unspecified atom stereocenters. The highest BCUT2D eigenvalue weighted by Gasteiger charge is 2.20. The van der Waals surface area contributed by atoms with Crippen molar-refractivity contribution in [3.63, 3.8) is 0 Å². The van der Waals surface area contributed by atoms with Gasteiger partial charge < -0.3 is 9.30 Å². The Hall–Kier alpha value is -4.89. The van der Waals surface area contributed by atoms with Crippen LogP contribution in [0, 0.1) is 0 Å². The van der Waals surface area contributed by atoms with E-state index in [0.29, 0.717) is 24.4 Å². The van der Waals surface area contributed by atoms with E-state index in [1.807, 2.05) is 24.3 Å². The Morgan fingerprint density at radius 2 is 1.74 bits per heavy atom. The molecule has 0 fully saturated rings. The van der Waals surface area contributed by atoms with Crippen molar-refractivity contribution in [1.82, 2.24) is 30.2 Å². The summed E-state index contributed by atoms with van der Waals surface area (Å²) in [7, 11) is 1.42. The number of aryl methyl sites for hydroxylation is 5. The average Bonchev–Trinajstić information content (AvgIpc) is 3.78. The Morgan fingerprint density at radius 1 is 0.884 bits per heavy atom. The smallest absolute Gasteiger partial charge is 0.337 e. The van der Waals surface area contributed by atoms with Crippen molar-refractivity contribution in [2.24, 2.45) is 0 Å². The summed E-state index contributed by atoms with van der Waals surface area (Å²) in [5.74, 6) is 0.334. The van der Waals surface area contributed by atoms with Crippen LogP contribution >= 0.6 is 11.3 Å². The van der Waals surface area contributed by atoms with E-state index >= 15 is 0 Å². The van der Waals surface area contributed by atoms with Gasteiger partial charge in [-0.15, -0.1) is 21.5 Å². The molecular weight excluding hydrogens is 556 g/mol. The number of benzene rings is 4. The molecule has 0 radical (unpaired) electrons. The maximum Gasteiger partial charge on any atom is 0.337 e. The molecule has 7 rings (SSSR count). The number of nitrogens with one attached hydrogen (secondary N) is 1. The molecular formula is C34H30N6O2S. The molecule has 0 aliphatic heterocycles. The minimum atomic E-state index is -0.335. The van der Waals surface area contributed by atoms with Crippen LogP contribution < -0.4 is 0 Å². The number of ether oxygens (including phenoxy) is 1. The number of tetrazole rings is 1. The third kappa shape index (κ3) is 5.51. The van der Waals surface area contributed by atoms with Crippen molar-refractivity contribution >= 4 is 49.2 Å². The highest BCUT2D eigenvalue weighted by molar-refractivity contribution is 7.18. The number of H-pyrrole nitrogens is 1. The van der Waals surface area contributed by atoms with Gasteiger partial charge in [-0.2, -0.15) is 5.21 Å². The Kier molecular flexibility index (Phi) is 7.39. The zero-order valence-electron chi connectivity index (χ0n) is 23.8. The molecule has 9 heteroatoms. The molecule has 0 bridgehead atoms. The lowest BCUT2D eigenvalue weighted by atomic mass is 9.97. The second-order valence-corrected chi connectivity index (χ2v) is 11.8. The molecule has 8 nitrogen and oxygen atoms in total. The number of thiazole rings is 1. The van der Waals surface area contributed by atoms with E-state index in [2.05, 4.69) is 85.9 Å². The fourth-order valence-electron chi connectivity index (χ4n) is 5.96. The summed E-state index contributed by atoms with van der Waals surface area (Å²) in [6, 6.07) is 29.3. The molecule has 1 N–H and O–H groups in total. The number of rotatable bonds is 10. The van der Waals surface area contributed by atoms with E-state index < -0.39 is 0 Å². The average molecular weight is 587 g/mol. The molecule has 0 amide bonds. The number of carbonyl (C=O) groups excluding carboxylic acids is 1. The van der Waals surface area contributed by atoms with Gasteiger partial charge in [-0.25, -0.2) is 9.78 Å². The van der Waals surface area contributed by atoms with Crippen molar-refractivity contribution in [3.8, 4) is 0 Å². The Bertz CT molecular complexity index is 2030. The largest absolute Gasteiger partial charge is 0.465 e. The van der Waals surface area contributed by atoms with Gasteiger partial charge in [0.1, 0.15) is 0 Å². The third-order valence-electron chi connectivity index (χ3n) is 8.05. The molecule has 0 spiro atoms. The molecule has 0 atom stereocenters. The van der Waals surface area contributed by atoms with Crippen LogP contribution in [0.5, 0.6) is 0 Å². The minimum Gasteiger partial charge on any atom is -0.465 e. The van der Waals surface area contributed by atoms with Gasteiger partial charge in [0, 0.05) is 36.0 Å². The normalized spacial score (nSPS) is 11.6. The van der Waals surface area contributed by atoms with Gasteiger partial charge in [-0.05, 0) is 71.5 Å². The number of nitrogens with zero attached hydrogens (tertiary/aromatic N) is 5. The summed E-state index contributed by atoms with van der Waals surface area (Å²) < 4.78 is 8.66. The SMILES string of the molecule is COC(=O)c1ccc2c(c1)c(CCc1ccc3ccccc3c1)c(CCc1nc3ccccc3s1)n2CCc1nn[nH]n1. The first-order valence-electron chi connectivity index (χ1n) is 14.4. The maximum atomic E-state index is 12.6. The number of methoxy groups -OCH3 is 1. The number of hydrogen-bond donors (Lipinski definition) is 1. The highest BCUT2D eigenvalue weighted by Crippen LogP contribution is 2.32. The van der Waals surface area contributed by atoms with E-state index in [0.717, 1.165) is 47.1 Å². The highest BCUT2D eigenvalue weighted by atomic mass is 32.1. The van der Waals surface area contributed by atoms with Crippen LogP contribution in [0.4, 0.5) is 0 Å². The first kappa shape index (κ1) is 27.0. The summed E-state index contributed by atoms with van der Waals surface area (Å²) >= 11 is 1.75. The standard InChI is InChI=1S/C34H30N6O2S/c1-42-34(41)25-13-15-30-27(21-25)26(14-11-22-10-12-23-6-2-3-7-24(23)20-22)29(40(30)19-18-32-36-38-39-37-32)16-17-33-35-28-8-4-5-9-31(28)43-33/h2-10,12-13,15,20-21H,11,14,16-19H2,1H3,(H,36,37,38,39). The maximum absolute atomic E-state index is 12.6. The lowest BCUT2D eigenvalue weighted by Crippen LogP contribution is -2.09. The van der Waals surface area contributed by atoms with Gasteiger partial charge in [0.25, 0.3) is 0 Å². The van der Waals surface area contributed by atoms with Crippen molar-refractivity contribution in [1.29, 1.82) is 0 Å². The molecule has 3 heterocycles. The monoisotopic (exact) mass is 586 g/mol. The summed E-state index contributed by atoms with van der Waals surface area (Å²) in [5.41, 5.74) is 6.47. The molecule has 4 aromatic carbocycles. The van der Waals surface area contributed by atoms with Crippen LogP contribution in [0.2, 0.25) is 0 Å². The Balaban J connectivity index is 1.30. The third-order valence-corrected chi connectivity index (χ3v) is 9.14. The first-order valence-corrected chi connectivity index (χ1v) is 15.2. The molecule has 0 saturated heterocycles. The molecule has 0 aliphatic rings. The minimum absolute atomic E-state index is 0.335. The topological polar surface area (TPSA) is 98.6 Å². The van der Waals surface area contributed by atoms with E-state index in [4.69, 9.17) is 9.72 Å². The Labute approximate surface area is 252 Å². The molecule has 3 aromatic heterocycles. The summed E-state index contributed by atoms with van der Waals surface area (Å²) in [4.78, 5) is 17.5. The van der Waals surface area contributed by atoms with E-state index in [9.17, 15) is 4.79 Å². The molecule has 7 aromatic rings. The van der Waals surface area contributed by atoms with Crippen LogP contribution in [0.1, 0.15) is 38.0 Å². The lowest BCUT2D eigenvalue weighted by Gasteiger charge is -2.12. The second-order valence-electron chi connectivity index (χ2n) is 10.6. The van der Waals surface area contributed by atoms with Crippen molar-refractivity contribution in [3.05, 3.63) is 118 Å². The first-order chi connectivity index (χ1) is 21.2. The van der Waals surface area contributed by atoms with Crippen molar-refractivity contribution in [2.45, 2.75) is 38.6 Å². The fourth-order valence-corrected chi connectivity index (χ4v) is 6.92. The fraction of sp³-hybridized carbons (Fsp3) is 0.206. The number of aromatic amines is 1. The quantitative estimate of drug-likeness (QED) is 0.183. The number of carbonyl (C=O) groups is 1. The zero-order chi connectivity index (χ0) is 29.2. The van der Waals surface area contributed by atoms with E-state index in [1.165, 1.54) is 39.4 Å². The molecule has 214 valence electrons. The van der Waals surface area contributed by atoms with E-state index in [-0.39, 0.29) is 5.97 Å². The van der Waals surface area contributed by atoms with Gasteiger partial charge >= 0.3 is 5.97 Å². The van der Waals surface area contributed by atoms with Gasteiger partial charge in [-0.3, -0.25) is 0 Å². The van der Waals surface area contributed by atoms with Gasteiger partial charge in [0.2, 0.25) is 0 Å². The number of esters is 1. The summed E-state index contributed by atoms with van der Waals surface area (Å²) in [5, 5.41) is 19.4. The number of para-hydroxylation sites is 1.